The van der Waals surface area contributed by atoms with Gasteiger partial charge in [0.2, 0.25) is 0 Å². The third-order valence-electron chi connectivity index (χ3n) is 1.62. The van der Waals surface area contributed by atoms with Gasteiger partial charge in [0.1, 0.15) is 6.61 Å². The molecule has 0 atom stereocenters. The lowest BCUT2D eigenvalue weighted by Gasteiger charge is -2.05. The van der Waals surface area contributed by atoms with Gasteiger partial charge in [-0.15, -0.1) is 0 Å². The van der Waals surface area contributed by atoms with Gasteiger partial charge >= 0.3 is 6.09 Å². The first-order valence-electron chi connectivity index (χ1n) is 4.81. The molecule has 1 amide bonds. The molecule has 0 aliphatic heterocycles. The molecular formula is C9H19NO3S. The van der Waals surface area contributed by atoms with E-state index in [9.17, 15) is 4.79 Å². The van der Waals surface area contributed by atoms with E-state index in [1.807, 2.05) is 11.8 Å². The van der Waals surface area contributed by atoms with Gasteiger partial charge in [-0.25, -0.2) is 4.79 Å². The highest BCUT2D eigenvalue weighted by atomic mass is 32.2. The highest BCUT2D eigenvalue weighted by molar-refractivity contribution is 7.98. The van der Waals surface area contributed by atoms with Gasteiger partial charge in [0.05, 0.1) is 6.61 Å². The van der Waals surface area contributed by atoms with Crippen LogP contribution in [0.2, 0.25) is 0 Å². The summed E-state index contributed by atoms with van der Waals surface area (Å²) < 4.78 is 4.61. The summed E-state index contributed by atoms with van der Waals surface area (Å²) in [5, 5.41) is 11.0. The van der Waals surface area contributed by atoms with Crippen LogP contribution in [-0.2, 0) is 4.74 Å². The Bertz CT molecular complexity index is 144. The standard InChI is InChI=1S/C9H19NO3S/c1-14-8-4-2-3-5-10-9(12)13-7-6-11/h11H,2-8H2,1H3,(H,10,12). The Hall–Kier alpha value is -0.420. The second-order valence-corrected chi connectivity index (χ2v) is 3.83. The minimum atomic E-state index is -0.441. The maximum Gasteiger partial charge on any atom is 0.407 e. The van der Waals surface area contributed by atoms with Crippen molar-refractivity contribution in [1.29, 1.82) is 0 Å². The Morgan fingerprint density at radius 1 is 1.43 bits per heavy atom. The SMILES string of the molecule is CSCCCCCNC(=O)OCCO. The molecule has 5 heteroatoms. The second kappa shape index (κ2) is 10.7. The molecule has 0 aromatic heterocycles. The van der Waals surface area contributed by atoms with Crippen molar-refractivity contribution in [3.63, 3.8) is 0 Å². The number of aliphatic hydroxyl groups excluding tert-OH is 1. The lowest BCUT2D eigenvalue weighted by atomic mass is 10.2. The first-order chi connectivity index (χ1) is 6.81. The minimum absolute atomic E-state index is 0.0678. The molecule has 84 valence electrons. The van der Waals surface area contributed by atoms with E-state index in [2.05, 4.69) is 16.3 Å². The lowest BCUT2D eigenvalue weighted by Crippen LogP contribution is -2.26. The van der Waals surface area contributed by atoms with Gasteiger partial charge < -0.3 is 15.2 Å². The molecule has 0 bridgehead atoms. The van der Waals surface area contributed by atoms with Gasteiger partial charge in [0, 0.05) is 6.54 Å². The monoisotopic (exact) mass is 221 g/mol. The first-order valence-corrected chi connectivity index (χ1v) is 6.21. The number of hydrogen-bond donors (Lipinski definition) is 2. The molecule has 0 heterocycles. The van der Waals surface area contributed by atoms with Crippen molar-refractivity contribution < 1.29 is 14.6 Å². The summed E-state index contributed by atoms with van der Waals surface area (Å²) in [6.45, 7) is 0.595. The van der Waals surface area contributed by atoms with Gasteiger partial charge in [-0.05, 0) is 24.9 Å². The van der Waals surface area contributed by atoms with Crippen LogP contribution < -0.4 is 5.32 Å². The van der Waals surface area contributed by atoms with Crippen LogP contribution in [0.1, 0.15) is 19.3 Å². The second-order valence-electron chi connectivity index (χ2n) is 2.84. The Morgan fingerprint density at radius 3 is 2.86 bits per heavy atom. The smallest absolute Gasteiger partial charge is 0.407 e. The molecule has 0 aliphatic rings. The molecule has 2 N–H and O–H groups in total. The van der Waals surface area contributed by atoms with Crippen LogP contribution in [0.5, 0.6) is 0 Å². The number of amides is 1. The van der Waals surface area contributed by atoms with Crippen LogP contribution in [0.15, 0.2) is 0 Å². The van der Waals surface area contributed by atoms with Gasteiger partial charge in [-0.1, -0.05) is 6.42 Å². The topological polar surface area (TPSA) is 58.6 Å². The number of ether oxygens (including phenoxy) is 1. The van der Waals surface area contributed by atoms with E-state index >= 15 is 0 Å². The Morgan fingerprint density at radius 2 is 2.21 bits per heavy atom. The highest BCUT2D eigenvalue weighted by Crippen LogP contribution is 2.01. The van der Waals surface area contributed by atoms with E-state index in [1.165, 1.54) is 12.2 Å². The van der Waals surface area contributed by atoms with Gasteiger partial charge in [0.25, 0.3) is 0 Å². The van der Waals surface area contributed by atoms with Crippen molar-refractivity contribution in [2.45, 2.75) is 19.3 Å². The number of hydrogen-bond acceptors (Lipinski definition) is 4. The molecule has 0 spiro atoms. The number of aliphatic hydroxyl groups is 1. The maximum absolute atomic E-state index is 10.8. The van der Waals surface area contributed by atoms with Crippen molar-refractivity contribution in [3.8, 4) is 0 Å². The number of thioether (sulfide) groups is 1. The van der Waals surface area contributed by atoms with Crippen LogP contribution in [0.3, 0.4) is 0 Å². The normalized spacial score (nSPS) is 9.86. The molecule has 14 heavy (non-hydrogen) atoms. The summed E-state index contributed by atoms with van der Waals surface area (Å²) in [7, 11) is 0. The molecule has 0 rings (SSSR count). The zero-order chi connectivity index (χ0) is 10.6. The van der Waals surface area contributed by atoms with E-state index < -0.39 is 6.09 Å². The van der Waals surface area contributed by atoms with Crippen LogP contribution in [0, 0.1) is 0 Å². The summed E-state index contributed by atoms with van der Waals surface area (Å²) in [4.78, 5) is 10.8. The number of rotatable bonds is 8. The van der Waals surface area contributed by atoms with Crippen molar-refractivity contribution in [1.82, 2.24) is 5.32 Å². The fourth-order valence-electron chi connectivity index (χ4n) is 0.928. The zero-order valence-electron chi connectivity index (χ0n) is 8.62. The third-order valence-corrected chi connectivity index (χ3v) is 2.32. The zero-order valence-corrected chi connectivity index (χ0v) is 9.44. The van der Waals surface area contributed by atoms with E-state index in [4.69, 9.17) is 5.11 Å². The number of carbonyl (C=O) groups excluding carboxylic acids is 1. The molecule has 0 aliphatic carbocycles. The lowest BCUT2D eigenvalue weighted by molar-refractivity contribution is 0.119. The van der Waals surface area contributed by atoms with Gasteiger partial charge in [-0.3, -0.25) is 0 Å². The Balaban J connectivity index is 3.07. The summed E-state index contributed by atoms with van der Waals surface area (Å²) in [5.41, 5.74) is 0. The highest BCUT2D eigenvalue weighted by Gasteiger charge is 1.98. The summed E-state index contributed by atoms with van der Waals surface area (Å²) in [6, 6.07) is 0. The summed E-state index contributed by atoms with van der Waals surface area (Å²) in [6.07, 6.45) is 4.94. The van der Waals surface area contributed by atoms with Crippen molar-refractivity contribution in [3.05, 3.63) is 0 Å². The Kier molecular flexibility index (Phi) is 10.3. The van der Waals surface area contributed by atoms with E-state index in [-0.39, 0.29) is 13.2 Å². The number of nitrogens with one attached hydrogen (secondary N) is 1. The fraction of sp³-hybridized carbons (Fsp3) is 0.889. The summed E-state index contributed by atoms with van der Waals surface area (Å²) >= 11 is 1.84. The predicted molar refractivity (Wildman–Crippen MR) is 58.7 cm³/mol. The maximum atomic E-state index is 10.8. The number of alkyl carbamates (subject to hydrolysis) is 1. The average Bonchev–Trinajstić information content (AvgIpc) is 2.20. The van der Waals surface area contributed by atoms with Crippen LogP contribution in [-0.4, -0.2) is 43.0 Å². The molecule has 0 saturated carbocycles. The van der Waals surface area contributed by atoms with Crippen LogP contribution in [0.25, 0.3) is 0 Å². The first kappa shape index (κ1) is 13.6. The molecule has 0 saturated heterocycles. The van der Waals surface area contributed by atoms with E-state index in [0.717, 1.165) is 12.8 Å². The molecular weight excluding hydrogens is 202 g/mol. The molecule has 0 unspecified atom stereocenters. The van der Waals surface area contributed by atoms with Crippen LogP contribution >= 0.6 is 11.8 Å². The van der Waals surface area contributed by atoms with Crippen molar-refractivity contribution in [2.75, 3.05) is 31.8 Å². The average molecular weight is 221 g/mol. The molecule has 0 aromatic carbocycles. The quantitative estimate of drug-likeness (QED) is 0.605. The van der Waals surface area contributed by atoms with Gasteiger partial charge in [-0.2, -0.15) is 11.8 Å². The minimum Gasteiger partial charge on any atom is -0.447 e. The fourth-order valence-corrected chi connectivity index (χ4v) is 1.42. The number of unbranched alkanes of at least 4 members (excludes halogenated alkanes) is 2. The predicted octanol–water partition coefficient (Wildman–Crippen LogP) is 1.24. The van der Waals surface area contributed by atoms with E-state index in [0.29, 0.717) is 6.54 Å². The summed E-state index contributed by atoms with van der Waals surface area (Å²) in [5.74, 6) is 1.18. The molecule has 0 aromatic rings. The van der Waals surface area contributed by atoms with E-state index in [1.54, 1.807) is 0 Å². The largest absolute Gasteiger partial charge is 0.447 e. The molecule has 4 nitrogen and oxygen atoms in total. The molecule has 0 fully saturated rings. The Labute approximate surface area is 89.4 Å². The molecule has 0 radical (unpaired) electrons. The van der Waals surface area contributed by atoms with Gasteiger partial charge in [0.15, 0.2) is 0 Å². The number of carbonyl (C=O) groups is 1. The third kappa shape index (κ3) is 9.67. The van der Waals surface area contributed by atoms with Crippen molar-refractivity contribution in [2.24, 2.45) is 0 Å². The van der Waals surface area contributed by atoms with Crippen molar-refractivity contribution >= 4 is 17.9 Å². The van der Waals surface area contributed by atoms with Crippen LogP contribution in [0.4, 0.5) is 4.79 Å².